The van der Waals surface area contributed by atoms with Gasteiger partial charge >= 0.3 is 0 Å². The third kappa shape index (κ3) is 1.69. The summed E-state index contributed by atoms with van der Waals surface area (Å²) in [6, 6.07) is 13.4. The molecule has 0 aliphatic rings. The third-order valence-electron chi connectivity index (χ3n) is 2.33. The summed E-state index contributed by atoms with van der Waals surface area (Å²) in [5, 5.41) is 27.8. The maximum absolute atomic E-state index is 9.65. The van der Waals surface area contributed by atoms with Crippen LogP contribution in [0.5, 0.6) is 11.5 Å². The summed E-state index contributed by atoms with van der Waals surface area (Å²) in [5.41, 5.74) is 1.53. The number of phenols is 2. The molecule has 2 aromatic rings. The largest absolute Gasteiger partial charge is 0.507 e. The molecule has 0 saturated carbocycles. The lowest BCUT2D eigenvalue weighted by Gasteiger charge is -2.05. The van der Waals surface area contributed by atoms with Gasteiger partial charge in [0.25, 0.3) is 0 Å². The van der Waals surface area contributed by atoms with E-state index in [4.69, 9.17) is 5.26 Å². The van der Waals surface area contributed by atoms with Crippen molar-refractivity contribution >= 4 is 0 Å². The molecule has 3 heteroatoms. The van der Waals surface area contributed by atoms with Crippen LogP contribution in [0.4, 0.5) is 0 Å². The van der Waals surface area contributed by atoms with Gasteiger partial charge in [-0.25, -0.2) is 0 Å². The summed E-state index contributed by atoms with van der Waals surface area (Å²) in [6.07, 6.45) is 0. The molecule has 78 valence electrons. The van der Waals surface area contributed by atoms with Gasteiger partial charge in [-0.2, -0.15) is 5.26 Å². The highest BCUT2D eigenvalue weighted by molar-refractivity contribution is 5.72. The number of nitrogens with zero attached hydrogens (tertiary/aromatic N) is 1. The zero-order chi connectivity index (χ0) is 11.5. The quantitative estimate of drug-likeness (QED) is 0.762. The maximum atomic E-state index is 9.65. The lowest BCUT2D eigenvalue weighted by Crippen LogP contribution is -1.82. The first-order valence-electron chi connectivity index (χ1n) is 4.74. The summed E-state index contributed by atoms with van der Waals surface area (Å²) < 4.78 is 0. The highest BCUT2D eigenvalue weighted by Gasteiger charge is 2.06. The first-order chi connectivity index (χ1) is 7.72. The van der Waals surface area contributed by atoms with Crippen LogP contribution in [0.3, 0.4) is 0 Å². The Labute approximate surface area is 92.8 Å². The van der Waals surface area contributed by atoms with Crippen LogP contribution in [0, 0.1) is 11.3 Å². The minimum atomic E-state index is -0.0540. The SMILES string of the molecule is N#Cc1cc(-c2ccccc2O)ccc1O. The number of hydrogen-bond acceptors (Lipinski definition) is 3. The van der Waals surface area contributed by atoms with Crippen molar-refractivity contribution in [1.82, 2.24) is 0 Å². The summed E-state index contributed by atoms with van der Waals surface area (Å²) in [7, 11) is 0. The van der Waals surface area contributed by atoms with Crippen LogP contribution in [-0.2, 0) is 0 Å². The first kappa shape index (κ1) is 10.1. The number of para-hydroxylation sites is 1. The monoisotopic (exact) mass is 211 g/mol. The van der Waals surface area contributed by atoms with Crippen LogP contribution in [0.15, 0.2) is 42.5 Å². The van der Waals surface area contributed by atoms with Crippen molar-refractivity contribution in [2.24, 2.45) is 0 Å². The van der Waals surface area contributed by atoms with Crippen LogP contribution < -0.4 is 0 Å². The minimum Gasteiger partial charge on any atom is -0.507 e. The Bertz CT molecular complexity index is 570. The third-order valence-corrected chi connectivity index (χ3v) is 2.33. The second-order valence-electron chi connectivity index (χ2n) is 3.36. The molecule has 0 fully saturated rings. The average molecular weight is 211 g/mol. The van der Waals surface area contributed by atoms with Gasteiger partial charge in [-0.15, -0.1) is 0 Å². The standard InChI is InChI=1S/C13H9NO2/c14-8-10-7-9(5-6-12(10)15)11-3-1-2-4-13(11)16/h1-7,15-16H. The zero-order valence-electron chi connectivity index (χ0n) is 8.38. The molecule has 0 aromatic heterocycles. The van der Waals surface area contributed by atoms with Crippen molar-refractivity contribution in [2.45, 2.75) is 0 Å². The Hall–Kier alpha value is -2.47. The first-order valence-corrected chi connectivity index (χ1v) is 4.74. The van der Waals surface area contributed by atoms with Crippen molar-refractivity contribution in [3.05, 3.63) is 48.0 Å². The topological polar surface area (TPSA) is 64.2 Å². The molecule has 0 heterocycles. The van der Waals surface area contributed by atoms with Crippen molar-refractivity contribution in [3.8, 4) is 28.7 Å². The van der Waals surface area contributed by atoms with E-state index in [0.29, 0.717) is 11.1 Å². The summed E-state index contributed by atoms with van der Waals surface area (Å²) in [4.78, 5) is 0. The van der Waals surface area contributed by atoms with E-state index in [-0.39, 0.29) is 17.1 Å². The Morgan fingerprint density at radius 1 is 0.938 bits per heavy atom. The molecular weight excluding hydrogens is 202 g/mol. The van der Waals surface area contributed by atoms with Gasteiger partial charge in [0.2, 0.25) is 0 Å². The van der Waals surface area contributed by atoms with Crippen LogP contribution >= 0.6 is 0 Å². The average Bonchev–Trinajstić information content (AvgIpc) is 2.31. The molecule has 0 aliphatic carbocycles. The van der Waals surface area contributed by atoms with Crippen molar-refractivity contribution in [1.29, 1.82) is 5.26 Å². The van der Waals surface area contributed by atoms with E-state index in [0.717, 1.165) is 0 Å². The smallest absolute Gasteiger partial charge is 0.133 e. The Balaban J connectivity index is 2.59. The number of aromatic hydroxyl groups is 2. The number of rotatable bonds is 1. The van der Waals surface area contributed by atoms with E-state index < -0.39 is 0 Å². The number of nitriles is 1. The zero-order valence-corrected chi connectivity index (χ0v) is 8.38. The fourth-order valence-corrected chi connectivity index (χ4v) is 1.51. The fourth-order valence-electron chi connectivity index (χ4n) is 1.51. The van der Waals surface area contributed by atoms with Crippen LogP contribution in [0.25, 0.3) is 11.1 Å². The van der Waals surface area contributed by atoms with Crippen LogP contribution in [-0.4, -0.2) is 10.2 Å². The van der Waals surface area contributed by atoms with Gasteiger partial charge in [0, 0.05) is 5.56 Å². The molecule has 0 bridgehead atoms. The molecule has 2 rings (SSSR count). The molecule has 0 radical (unpaired) electrons. The molecule has 0 unspecified atom stereocenters. The van der Waals surface area contributed by atoms with Gasteiger partial charge in [-0.3, -0.25) is 0 Å². The van der Waals surface area contributed by atoms with Gasteiger partial charge in [0.1, 0.15) is 17.6 Å². The van der Waals surface area contributed by atoms with Gasteiger partial charge in [0.05, 0.1) is 5.56 Å². The predicted molar refractivity (Wildman–Crippen MR) is 59.9 cm³/mol. The Kier molecular flexibility index (Phi) is 2.49. The molecule has 2 N–H and O–H groups in total. The summed E-state index contributed by atoms with van der Waals surface area (Å²) in [6.45, 7) is 0. The second kappa shape index (κ2) is 3.95. The molecule has 16 heavy (non-hydrogen) atoms. The van der Waals surface area contributed by atoms with E-state index >= 15 is 0 Å². The molecule has 0 aliphatic heterocycles. The van der Waals surface area contributed by atoms with Gasteiger partial charge in [0.15, 0.2) is 0 Å². The van der Waals surface area contributed by atoms with Gasteiger partial charge in [-0.05, 0) is 23.8 Å². The fraction of sp³-hybridized carbons (Fsp3) is 0. The molecule has 2 aromatic carbocycles. The number of hydrogen-bond donors (Lipinski definition) is 2. The van der Waals surface area contributed by atoms with E-state index in [1.165, 1.54) is 6.07 Å². The molecule has 0 spiro atoms. The molecule has 0 saturated heterocycles. The number of benzene rings is 2. The Morgan fingerprint density at radius 3 is 2.38 bits per heavy atom. The molecule has 0 amide bonds. The molecule has 3 nitrogen and oxygen atoms in total. The lowest BCUT2D eigenvalue weighted by molar-refractivity contribution is 0.472. The van der Waals surface area contributed by atoms with Gasteiger partial charge in [-0.1, -0.05) is 24.3 Å². The Morgan fingerprint density at radius 2 is 1.69 bits per heavy atom. The lowest BCUT2D eigenvalue weighted by atomic mass is 10.0. The van der Waals surface area contributed by atoms with Crippen molar-refractivity contribution in [2.75, 3.05) is 0 Å². The normalized spacial score (nSPS) is 9.69. The molecular formula is C13H9NO2. The van der Waals surface area contributed by atoms with Crippen molar-refractivity contribution in [3.63, 3.8) is 0 Å². The highest BCUT2D eigenvalue weighted by Crippen LogP contribution is 2.31. The van der Waals surface area contributed by atoms with Gasteiger partial charge < -0.3 is 10.2 Å². The van der Waals surface area contributed by atoms with E-state index in [1.807, 2.05) is 6.07 Å². The predicted octanol–water partition coefficient (Wildman–Crippen LogP) is 2.64. The van der Waals surface area contributed by atoms with E-state index in [9.17, 15) is 10.2 Å². The minimum absolute atomic E-state index is 0.0540. The van der Waals surface area contributed by atoms with E-state index in [2.05, 4.69) is 0 Å². The molecule has 0 atom stereocenters. The van der Waals surface area contributed by atoms with Crippen LogP contribution in [0.1, 0.15) is 5.56 Å². The van der Waals surface area contributed by atoms with Crippen molar-refractivity contribution < 1.29 is 10.2 Å². The van der Waals surface area contributed by atoms with Crippen LogP contribution in [0.2, 0.25) is 0 Å². The van der Waals surface area contributed by atoms with E-state index in [1.54, 1.807) is 36.4 Å². The highest BCUT2D eigenvalue weighted by atomic mass is 16.3. The maximum Gasteiger partial charge on any atom is 0.133 e. The number of phenolic OH excluding ortho intramolecular Hbond substituents is 2. The summed E-state index contributed by atoms with van der Waals surface area (Å²) >= 11 is 0. The second-order valence-corrected chi connectivity index (χ2v) is 3.36. The summed E-state index contributed by atoms with van der Waals surface area (Å²) in [5.74, 6) is 0.0961.